The van der Waals surface area contributed by atoms with Crippen LogP contribution in [0.25, 0.3) is 11.4 Å². The quantitative estimate of drug-likeness (QED) is 0.841. The molecule has 0 N–H and O–H groups in total. The molecule has 1 amide bonds. The van der Waals surface area contributed by atoms with E-state index in [-0.39, 0.29) is 17.4 Å². The van der Waals surface area contributed by atoms with Gasteiger partial charge < -0.3 is 4.90 Å². The number of aromatic nitrogens is 4. The summed E-state index contributed by atoms with van der Waals surface area (Å²) in [5.74, 6) is 0.925. The molecule has 1 atom stereocenters. The maximum Gasteiger partial charge on any atom is 0.228 e. The average molecular weight is 355 g/mol. The van der Waals surface area contributed by atoms with Crippen molar-refractivity contribution in [3.63, 3.8) is 0 Å². The number of aryl methyl sites for hydroxylation is 2. The van der Waals surface area contributed by atoms with Gasteiger partial charge in [0.05, 0.1) is 23.1 Å². The first-order chi connectivity index (χ1) is 12.3. The van der Waals surface area contributed by atoms with Gasteiger partial charge in [0.15, 0.2) is 0 Å². The van der Waals surface area contributed by atoms with Crippen LogP contribution in [0.4, 0.5) is 0 Å². The second-order valence-electron chi connectivity index (χ2n) is 8.02. The Balaban J connectivity index is 2.01. The Hall–Kier alpha value is -2.24. The number of nitrogens with zero attached hydrogens (tertiary/aromatic N) is 5. The van der Waals surface area contributed by atoms with Gasteiger partial charge in [-0.25, -0.2) is 9.97 Å². The normalized spacial score (nSPS) is 18.2. The SMILES string of the molecule is CCn1nccc1-c1cc([C@H]2CCCCN2C(=O)C(C)(C)C)nc(C)n1. The number of carbonyl (C=O) groups is 1. The summed E-state index contributed by atoms with van der Waals surface area (Å²) in [6.07, 6.45) is 4.92. The minimum absolute atomic E-state index is 0.0222. The number of rotatable bonds is 3. The summed E-state index contributed by atoms with van der Waals surface area (Å²) in [4.78, 5) is 24.3. The third-order valence-corrected chi connectivity index (χ3v) is 4.88. The fourth-order valence-electron chi connectivity index (χ4n) is 3.61. The molecule has 0 saturated carbocycles. The van der Waals surface area contributed by atoms with Gasteiger partial charge in [0.25, 0.3) is 0 Å². The van der Waals surface area contributed by atoms with Gasteiger partial charge >= 0.3 is 0 Å². The van der Waals surface area contributed by atoms with Crippen LogP contribution in [0, 0.1) is 12.3 Å². The van der Waals surface area contributed by atoms with E-state index in [4.69, 9.17) is 4.98 Å². The second-order valence-corrected chi connectivity index (χ2v) is 8.02. The van der Waals surface area contributed by atoms with Crippen LogP contribution in [0.5, 0.6) is 0 Å². The molecule has 3 rings (SSSR count). The Morgan fingerprint density at radius 1 is 1.27 bits per heavy atom. The summed E-state index contributed by atoms with van der Waals surface area (Å²) in [5, 5.41) is 4.35. The monoisotopic (exact) mass is 355 g/mol. The first-order valence-electron chi connectivity index (χ1n) is 9.50. The molecule has 2 aromatic rings. The minimum atomic E-state index is -0.388. The van der Waals surface area contributed by atoms with Gasteiger partial charge in [-0.15, -0.1) is 0 Å². The molecule has 3 heterocycles. The van der Waals surface area contributed by atoms with Crippen molar-refractivity contribution in [1.29, 1.82) is 0 Å². The highest BCUT2D eigenvalue weighted by atomic mass is 16.2. The summed E-state index contributed by atoms with van der Waals surface area (Å²) in [7, 11) is 0. The predicted octanol–water partition coefficient (Wildman–Crippen LogP) is 3.77. The van der Waals surface area contributed by atoms with Crippen molar-refractivity contribution in [2.75, 3.05) is 6.54 Å². The van der Waals surface area contributed by atoms with E-state index in [1.54, 1.807) is 6.20 Å². The highest BCUT2D eigenvalue weighted by Gasteiger charge is 2.35. The highest BCUT2D eigenvalue weighted by Crippen LogP contribution is 2.34. The lowest BCUT2D eigenvalue weighted by molar-refractivity contribution is -0.143. The Kier molecular flexibility index (Phi) is 5.12. The zero-order valence-electron chi connectivity index (χ0n) is 16.5. The number of amides is 1. The van der Waals surface area contributed by atoms with E-state index < -0.39 is 0 Å². The van der Waals surface area contributed by atoms with Gasteiger partial charge in [0.2, 0.25) is 5.91 Å². The van der Waals surface area contributed by atoms with E-state index in [1.165, 1.54) is 0 Å². The van der Waals surface area contributed by atoms with Crippen molar-refractivity contribution in [2.24, 2.45) is 5.41 Å². The molecule has 0 aromatic carbocycles. The van der Waals surface area contributed by atoms with Crippen molar-refractivity contribution < 1.29 is 4.79 Å². The zero-order chi connectivity index (χ0) is 18.9. The maximum atomic E-state index is 13.0. The molecule has 0 bridgehead atoms. The van der Waals surface area contributed by atoms with Gasteiger partial charge in [0, 0.05) is 24.7 Å². The fraction of sp³-hybridized carbons (Fsp3) is 0.600. The molecular weight excluding hydrogens is 326 g/mol. The van der Waals surface area contributed by atoms with Crippen molar-refractivity contribution >= 4 is 5.91 Å². The number of hydrogen-bond acceptors (Lipinski definition) is 4. The molecule has 6 nitrogen and oxygen atoms in total. The molecule has 2 aromatic heterocycles. The zero-order valence-corrected chi connectivity index (χ0v) is 16.5. The average Bonchev–Trinajstić information content (AvgIpc) is 3.08. The van der Waals surface area contributed by atoms with Crippen LogP contribution in [0.2, 0.25) is 0 Å². The van der Waals surface area contributed by atoms with Gasteiger partial charge in [-0.2, -0.15) is 5.10 Å². The topological polar surface area (TPSA) is 63.9 Å². The lowest BCUT2D eigenvalue weighted by Crippen LogP contribution is -2.44. The van der Waals surface area contributed by atoms with E-state index in [9.17, 15) is 4.79 Å². The molecule has 1 aliphatic heterocycles. The Labute approximate surface area is 155 Å². The molecule has 26 heavy (non-hydrogen) atoms. The Bertz CT molecular complexity index is 790. The molecular formula is C20H29N5O. The Morgan fingerprint density at radius 3 is 2.73 bits per heavy atom. The molecule has 0 spiro atoms. The molecule has 140 valence electrons. The van der Waals surface area contributed by atoms with Gasteiger partial charge in [-0.3, -0.25) is 9.48 Å². The molecule has 1 saturated heterocycles. The summed E-state index contributed by atoms with van der Waals surface area (Å²) >= 11 is 0. The second kappa shape index (κ2) is 7.17. The number of hydrogen-bond donors (Lipinski definition) is 0. The molecule has 0 aliphatic carbocycles. The number of likely N-dealkylation sites (tertiary alicyclic amines) is 1. The smallest absolute Gasteiger partial charge is 0.228 e. The molecule has 1 fully saturated rings. The summed E-state index contributed by atoms with van der Waals surface area (Å²) < 4.78 is 1.94. The summed E-state index contributed by atoms with van der Waals surface area (Å²) in [6, 6.07) is 4.04. The highest BCUT2D eigenvalue weighted by molar-refractivity contribution is 5.82. The van der Waals surface area contributed by atoms with Crippen LogP contribution in [0.1, 0.15) is 64.5 Å². The van der Waals surface area contributed by atoms with E-state index in [0.717, 1.165) is 55.3 Å². The predicted molar refractivity (Wildman–Crippen MR) is 101 cm³/mol. The van der Waals surface area contributed by atoms with E-state index >= 15 is 0 Å². The maximum absolute atomic E-state index is 13.0. The minimum Gasteiger partial charge on any atom is -0.334 e. The van der Waals surface area contributed by atoms with Gasteiger partial charge in [-0.1, -0.05) is 20.8 Å². The molecule has 1 aliphatic rings. The molecule has 6 heteroatoms. The third-order valence-electron chi connectivity index (χ3n) is 4.88. The van der Waals surface area contributed by atoms with Crippen LogP contribution < -0.4 is 0 Å². The first kappa shape index (κ1) is 18.5. The van der Waals surface area contributed by atoms with Crippen LogP contribution in [-0.2, 0) is 11.3 Å². The first-order valence-corrected chi connectivity index (χ1v) is 9.50. The number of carbonyl (C=O) groups excluding carboxylic acids is 1. The lowest BCUT2D eigenvalue weighted by Gasteiger charge is -2.39. The van der Waals surface area contributed by atoms with Gasteiger partial charge in [-0.05, 0) is 45.2 Å². The van der Waals surface area contributed by atoms with E-state index in [1.807, 2.05) is 49.4 Å². The van der Waals surface area contributed by atoms with Crippen molar-refractivity contribution in [1.82, 2.24) is 24.6 Å². The standard InChI is InChI=1S/C20H29N5O/c1-6-25-18(10-11-21-25)16-13-15(22-14(2)23-16)17-9-7-8-12-24(17)19(26)20(3,4)5/h10-11,13,17H,6-9,12H2,1-5H3/t17-/m1/s1. The van der Waals surface area contributed by atoms with Crippen molar-refractivity contribution in [2.45, 2.75) is 66.5 Å². The van der Waals surface area contributed by atoms with Gasteiger partial charge in [0.1, 0.15) is 5.82 Å². The summed E-state index contributed by atoms with van der Waals surface area (Å²) in [6.45, 7) is 11.5. The van der Waals surface area contributed by atoms with Crippen LogP contribution in [0.3, 0.4) is 0 Å². The van der Waals surface area contributed by atoms with Crippen LogP contribution in [0.15, 0.2) is 18.3 Å². The fourth-order valence-corrected chi connectivity index (χ4v) is 3.61. The van der Waals surface area contributed by atoms with Crippen LogP contribution >= 0.6 is 0 Å². The number of piperidine rings is 1. The third kappa shape index (κ3) is 3.64. The summed E-state index contributed by atoms with van der Waals surface area (Å²) in [5.41, 5.74) is 2.42. The van der Waals surface area contributed by atoms with Crippen molar-refractivity contribution in [3.8, 4) is 11.4 Å². The van der Waals surface area contributed by atoms with Crippen LogP contribution in [-0.4, -0.2) is 37.1 Å². The molecule has 0 unspecified atom stereocenters. The van der Waals surface area contributed by atoms with E-state index in [2.05, 4.69) is 17.0 Å². The van der Waals surface area contributed by atoms with E-state index in [0.29, 0.717) is 0 Å². The largest absolute Gasteiger partial charge is 0.334 e. The van der Waals surface area contributed by atoms with Crippen molar-refractivity contribution in [3.05, 3.63) is 29.8 Å². The molecule has 0 radical (unpaired) electrons. The lowest BCUT2D eigenvalue weighted by atomic mass is 9.90. The Morgan fingerprint density at radius 2 is 2.04 bits per heavy atom.